The molecule has 5 aromatic rings. The van der Waals surface area contributed by atoms with Crippen molar-refractivity contribution in [3.05, 3.63) is 66.9 Å². The Labute approximate surface area is 174 Å². The van der Waals surface area contributed by atoms with E-state index in [1.807, 2.05) is 12.1 Å². The van der Waals surface area contributed by atoms with Gasteiger partial charge in [-0.15, -0.1) is 0 Å². The summed E-state index contributed by atoms with van der Waals surface area (Å²) in [6, 6.07) is 12.5. The second-order valence-corrected chi connectivity index (χ2v) is 8.96. The molecule has 0 fully saturated rings. The topological polar surface area (TPSA) is 25.8 Å². The zero-order chi connectivity index (χ0) is 17.7. The fourth-order valence-corrected chi connectivity index (χ4v) is 5.59. The van der Waals surface area contributed by atoms with Crippen molar-refractivity contribution in [3.63, 3.8) is 0 Å². The number of fused-ring (bicyclic) bond motifs is 2. The molecule has 0 aliphatic carbocycles. The van der Waals surface area contributed by atoms with E-state index in [-0.39, 0.29) is 0 Å². The van der Waals surface area contributed by atoms with E-state index in [1.165, 1.54) is 0 Å². The van der Waals surface area contributed by atoms with Crippen molar-refractivity contribution in [1.82, 2.24) is 9.97 Å². The molecule has 0 saturated carbocycles. The van der Waals surface area contributed by atoms with Crippen LogP contribution in [0.25, 0.3) is 44.3 Å². The highest BCUT2D eigenvalue weighted by Gasteiger charge is 2.19. The molecule has 0 unspecified atom stereocenters. The Morgan fingerprint density at radius 2 is 1.12 bits per heavy atom. The van der Waals surface area contributed by atoms with Crippen LogP contribution in [0.5, 0.6) is 0 Å². The van der Waals surface area contributed by atoms with Crippen LogP contribution in [0.15, 0.2) is 66.9 Å². The van der Waals surface area contributed by atoms with Crippen LogP contribution in [-0.2, 0) is 0 Å². The molecule has 3 heterocycles. The van der Waals surface area contributed by atoms with Crippen LogP contribution in [-0.4, -0.2) is 9.97 Å². The van der Waals surface area contributed by atoms with E-state index in [1.54, 1.807) is 22.7 Å². The fourth-order valence-electron chi connectivity index (χ4n) is 3.06. The normalized spacial score (nSPS) is 11.5. The summed E-state index contributed by atoms with van der Waals surface area (Å²) in [6.45, 7) is 0. The lowest BCUT2D eigenvalue weighted by Gasteiger charge is -2.13. The summed E-state index contributed by atoms with van der Waals surface area (Å²) in [4.78, 5) is 10.1. The Morgan fingerprint density at radius 3 is 1.50 bits per heavy atom. The maximum absolute atomic E-state index is 5.06. The molecule has 6 heteroatoms. The van der Waals surface area contributed by atoms with Gasteiger partial charge in [0.05, 0.1) is 20.3 Å². The van der Waals surface area contributed by atoms with Crippen LogP contribution in [0, 0.1) is 0 Å². The van der Waals surface area contributed by atoms with Crippen molar-refractivity contribution < 1.29 is 0 Å². The lowest BCUT2D eigenvalue weighted by Crippen LogP contribution is -1.96. The number of aromatic nitrogens is 2. The van der Waals surface area contributed by atoms with Gasteiger partial charge in [0.15, 0.2) is 0 Å². The van der Waals surface area contributed by atoms with Gasteiger partial charge in [0, 0.05) is 21.9 Å². The minimum absolute atomic E-state index is 0.871. The number of halogens is 2. The van der Waals surface area contributed by atoms with Gasteiger partial charge < -0.3 is 0 Å². The first-order chi connectivity index (χ1) is 12.7. The monoisotopic (exact) mass is 500 g/mol. The number of rotatable bonds is 2. The molecule has 0 aliphatic rings. The largest absolute Gasteiger partial charge is 0.243 e. The molecule has 26 heavy (non-hydrogen) atoms. The van der Waals surface area contributed by atoms with Crippen LogP contribution >= 0.6 is 54.5 Å². The SMILES string of the molecule is Brc1c2ccccc2c(Br)c2nc(-c3ccsc3)c(-c3ccsc3)nc12. The Bertz CT molecular complexity index is 1150. The van der Waals surface area contributed by atoms with Crippen LogP contribution in [0.2, 0.25) is 0 Å². The lowest BCUT2D eigenvalue weighted by molar-refractivity contribution is 1.30. The second kappa shape index (κ2) is 6.53. The molecular formula is C20H10Br2N2S2. The first-order valence-corrected chi connectivity index (χ1v) is 11.3. The van der Waals surface area contributed by atoms with Gasteiger partial charge in [-0.05, 0) is 65.5 Å². The van der Waals surface area contributed by atoms with E-state index in [9.17, 15) is 0 Å². The molecule has 0 aliphatic heterocycles. The summed E-state index contributed by atoms with van der Waals surface area (Å²) in [5, 5.41) is 10.6. The Balaban J connectivity index is 1.96. The van der Waals surface area contributed by atoms with Gasteiger partial charge in [-0.2, -0.15) is 22.7 Å². The van der Waals surface area contributed by atoms with Gasteiger partial charge in [0.2, 0.25) is 0 Å². The van der Waals surface area contributed by atoms with Crippen LogP contribution in [0.3, 0.4) is 0 Å². The quantitative estimate of drug-likeness (QED) is 0.231. The van der Waals surface area contributed by atoms with Crippen molar-refractivity contribution in [2.45, 2.75) is 0 Å². The van der Waals surface area contributed by atoms with Gasteiger partial charge >= 0.3 is 0 Å². The number of thiophene rings is 2. The molecule has 0 saturated heterocycles. The minimum atomic E-state index is 0.871. The molecule has 2 nitrogen and oxygen atoms in total. The number of nitrogens with zero attached hydrogens (tertiary/aromatic N) is 2. The Kier molecular flexibility index (Phi) is 4.16. The first-order valence-electron chi connectivity index (χ1n) is 7.86. The van der Waals surface area contributed by atoms with Crippen molar-refractivity contribution in [2.75, 3.05) is 0 Å². The van der Waals surface area contributed by atoms with Crippen LogP contribution in [0.1, 0.15) is 0 Å². The minimum Gasteiger partial charge on any atom is -0.243 e. The van der Waals surface area contributed by atoms with E-state index in [4.69, 9.17) is 9.97 Å². The predicted molar refractivity (Wildman–Crippen MR) is 119 cm³/mol. The van der Waals surface area contributed by atoms with E-state index in [0.717, 1.165) is 53.3 Å². The molecule has 0 radical (unpaired) electrons. The number of hydrogen-bond acceptors (Lipinski definition) is 4. The molecule has 5 rings (SSSR count). The van der Waals surface area contributed by atoms with Crippen molar-refractivity contribution >= 4 is 76.3 Å². The number of hydrogen-bond donors (Lipinski definition) is 0. The molecule has 2 aromatic carbocycles. The summed E-state index contributed by atoms with van der Waals surface area (Å²) in [6.07, 6.45) is 0. The smallest absolute Gasteiger partial charge is 0.105 e. The highest BCUT2D eigenvalue weighted by atomic mass is 79.9. The molecular weight excluding hydrogens is 492 g/mol. The van der Waals surface area contributed by atoms with Gasteiger partial charge in [0.25, 0.3) is 0 Å². The van der Waals surface area contributed by atoms with Gasteiger partial charge in [-0.1, -0.05) is 24.3 Å². The third-order valence-electron chi connectivity index (χ3n) is 4.30. The van der Waals surface area contributed by atoms with E-state index in [0.29, 0.717) is 0 Å². The van der Waals surface area contributed by atoms with E-state index >= 15 is 0 Å². The summed E-state index contributed by atoms with van der Waals surface area (Å²) >= 11 is 10.9. The fraction of sp³-hybridized carbons (Fsp3) is 0. The predicted octanol–water partition coefficient (Wildman–Crippen LogP) is 7.77. The highest BCUT2D eigenvalue weighted by molar-refractivity contribution is 9.11. The zero-order valence-corrected chi connectivity index (χ0v) is 18.0. The third kappa shape index (κ3) is 2.55. The third-order valence-corrected chi connectivity index (χ3v) is 7.27. The van der Waals surface area contributed by atoms with Crippen LogP contribution in [0.4, 0.5) is 0 Å². The maximum atomic E-state index is 5.06. The van der Waals surface area contributed by atoms with Crippen molar-refractivity contribution in [3.8, 4) is 22.5 Å². The molecule has 3 aromatic heterocycles. The second-order valence-electron chi connectivity index (χ2n) is 5.82. The zero-order valence-electron chi connectivity index (χ0n) is 13.2. The first kappa shape index (κ1) is 16.6. The van der Waals surface area contributed by atoms with Gasteiger partial charge in [-0.3, -0.25) is 0 Å². The summed E-state index contributed by atoms with van der Waals surface area (Å²) in [7, 11) is 0. The van der Waals surface area contributed by atoms with Gasteiger partial charge in [-0.25, -0.2) is 9.97 Å². The summed E-state index contributed by atoms with van der Waals surface area (Å²) in [5.74, 6) is 0. The summed E-state index contributed by atoms with van der Waals surface area (Å²) in [5.41, 5.74) is 5.77. The lowest BCUT2D eigenvalue weighted by atomic mass is 10.1. The molecule has 0 atom stereocenters. The Hall–Kier alpha value is -1.60. The molecule has 0 amide bonds. The van der Waals surface area contributed by atoms with Crippen LogP contribution < -0.4 is 0 Å². The average molecular weight is 502 g/mol. The molecule has 0 spiro atoms. The van der Waals surface area contributed by atoms with Gasteiger partial charge in [0.1, 0.15) is 11.0 Å². The van der Waals surface area contributed by atoms with E-state index < -0.39 is 0 Å². The van der Waals surface area contributed by atoms with E-state index in [2.05, 4.69) is 77.6 Å². The molecule has 0 N–H and O–H groups in total. The highest BCUT2D eigenvalue weighted by Crippen LogP contribution is 2.41. The van der Waals surface area contributed by atoms with Crippen molar-refractivity contribution in [1.29, 1.82) is 0 Å². The average Bonchev–Trinajstić information content (AvgIpc) is 3.39. The number of benzene rings is 2. The molecule has 126 valence electrons. The maximum Gasteiger partial charge on any atom is 0.105 e. The molecule has 0 bridgehead atoms. The Morgan fingerprint density at radius 1 is 0.654 bits per heavy atom. The summed E-state index contributed by atoms with van der Waals surface area (Å²) < 4.78 is 1.96. The van der Waals surface area contributed by atoms with Crippen molar-refractivity contribution in [2.24, 2.45) is 0 Å². The standard InChI is InChI=1S/C20H10Br2N2S2/c21-15-13-3-1-2-4-14(13)16(22)20-19(15)23-17(11-5-7-25-9-11)18(24-20)12-6-8-26-10-12/h1-10H.